The van der Waals surface area contributed by atoms with Crippen LogP contribution in [0.15, 0.2) is 16.5 Å². The normalized spacial score (nSPS) is 10.9. The fourth-order valence-electron chi connectivity index (χ4n) is 1.86. The Balaban J connectivity index is 3.00. The Morgan fingerprint density at radius 2 is 1.60 bits per heavy atom. The van der Waals surface area contributed by atoms with Gasteiger partial charge in [-0.15, -0.1) is 0 Å². The molecular formula is C13H15O2+. The van der Waals surface area contributed by atoms with Gasteiger partial charge in [0.1, 0.15) is 5.75 Å². The molecule has 78 valence electrons. The first-order valence-corrected chi connectivity index (χ1v) is 5.04. The Hall–Kier alpha value is -1.57. The SMILES string of the molecule is Cc1ccc2c(C)c(O)c(C)c(C)c2[o+]1. The van der Waals surface area contributed by atoms with Crippen LogP contribution in [0.4, 0.5) is 0 Å². The summed E-state index contributed by atoms with van der Waals surface area (Å²) < 4.78 is 5.70. The second-order valence-corrected chi connectivity index (χ2v) is 4.01. The van der Waals surface area contributed by atoms with Crippen molar-refractivity contribution in [3.05, 3.63) is 34.6 Å². The van der Waals surface area contributed by atoms with Crippen LogP contribution in [-0.4, -0.2) is 5.11 Å². The van der Waals surface area contributed by atoms with E-state index >= 15 is 0 Å². The number of hydrogen-bond acceptors (Lipinski definition) is 1. The highest BCUT2D eigenvalue weighted by molar-refractivity contribution is 5.87. The number of phenols is 1. The van der Waals surface area contributed by atoms with E-state index < -0.39 is 0 Å². The monoisotopic (exact) mass is 203 g/mol. The van der Waals surface area contributed by atoms with Gasteiger partial charge in [-0.25, -0.2) is 4.42 Å². The van der Waals surface area contributed by atoms with Crippen LogP contribution >= 0.6 is 0 Å². The van der Waals surface area contributed by atoms with Crippen molar-refractivity contribution in [1.82, 2.24) is 0 Å². The first kappa shape index (κ1) is 9.97. The van der Waals surface area contributed by atoms with Crippen LogP contribution in [0.1, 0.15) is 22.5 Å². The molecule has 2 nitrogen and oxygen atoms in total. The Kier molecular flexibility index (Phi) is 2.14. The van der Waals surface area contributed by atoms with Crippen molar-refractivity contribution in [2.45, 2.75) is 27.7 Å². The summed E-state index contributed by atoms with van der Waals surface area (Å²) in [5, 5.41) is 10.9. The van der Waals surface area contributed by atoms with Crippen molar-refractivity contribution in [2.24, 2.45) is 0 Å². The maximum atomic E-state index is 9.91. The lowest BCUT2D eigenvalue weighted by atomic mass is 10.00. The number of aromatic hydroxyl groups is 1. The predicted molar refractivity (Wildman–Crippen MR) is 61.2 cm³/mol. The molecule has 0 unspecified atom stereocenters. The van der Waals surface area contributed by atoms with E-state index in [1.165, 1.54) is 0 Å². The third-order valence-corrected chi connectivity index (χ3v) is 3.01. The quantitative estimate of drug-likeness (QED) is 0.662. The van der Waals surface area contributed by atoms with Crippen LogP contribution in [0, 0.1) is 27.7 Å². The summed E-state index contributed by atoms with van der Waals surface area (Å²) in [6, 6.07) is 3.92. The first-order valence-electron chi connectivity index (χ1n) is 5.04. The molecule has 0 radical (unpaired) electrons. The first-order chi connectivity index (χ1) is 7.02. The van der Waals surface area contributed by atoms with E-state index in [0.717, 1.165) is 33.4 Å². The zero-order valence-electron chi connectivity index (χ0n) is 9.51. The summed E-state index contributed by atoms with van der Waals surface area (Å²) in [6.07, 6.45) is 0. The molecule has 15 heavy (non-hydrogen) atoms. The number of rotatable bonds is 0. The van der Waals surface area contributed by atoms with Gasteiger partial charge in [0.25, 0.3) is 0 Å². The molecule has 2 aromatic rings. The summed E-state index contributed by atoms with van der Waals surface area (Å²) in [5.41, 5.74) is 3.67. The number of phenolic OH excluding ortho intramolecular Hbond substituents is 1. The molecule has 1 heterocycles. The van der Waals surface area contributed by atoms with Gasteiger partial charge < -0.3 is 5.11 Å². The summed E-state index contributed by atoms with van der Waals surface area (Å²) in [7, 11) is 0. The Bertz CT molecular complexity index is 542. The smallest absolute Gasteiger partial charge is 0.363 e. The highest BCUT2D eigenvalue weighted by atomic mass is 16.3. The Morgan fingerprint density at radius 3 is 2.27 bits per heavy atom. The number of fused-ring (bicyclic) bond motifs is 1. The fraction of sp³-hybridized carbons (Fsp3) is 0.308. The Morgan fingerprint density at radius 1 is 0.933 bits per heavy atom. The molecule has 0 bridgehead atoms. The molecule has 1 N–H and O–H groups in total. The van der Waals surface area contributed by atoms with E-state index in [4.69, 9.17) is 4.42 Å². The van der Waals surface area contributed by atoms with Crippen molar-refractivity contribution in [2.75, 3.05) is 0 Å². The summed E-state index contributed by atoms with van der Waals surface area (Å²) in [6.45, 7) is 7.72. The van der Waals surface area contributed by atoms with Gasteiger partial charge in [0.15, 0.2) is 0 Å². The van der Waals surface area contributed by atoms with Gasteiger partial charge in [-0.3, -0.25) is 0 Å². The van der Waals surface area contributed by atoms with Crippen LogP contribution in [0.5, 0.6) is 5.75 Å². The predicted octanol–water partition coefficient (Wildman–Crippen LogP) is 3.65. The molecule has 0 saturated heterocycles. The van der Waals surface area contributed by atoms with E-state index in [1.807, 2.05) is 39.8 Å². The maximum Gasteiger partial charge on any atom is 0.363 e. The minimum absolute atomic E-state index is 0.374. The van der Waals surface area contributed by atoms with Crippen LogP contribution < -0.4 is 0 Å². The van der Waals surface area contributed by atoms with Gasteiger partial charge in [0.05, 0.1) is 17.9 Å². The van der Waals surface area contributed by atoms with Gasteiger partial charge in [0.2, 0.25) is 0 Å². The van der Waals surface area contributed by atoms with Crippen molar-refractivity contribution in [1.29, 1.82) is 0 Å². The lowest BCUT2D eigenvalue weighted by molar-refractivity contribution is 0.466. The average Bonchev–Trinajstić information content (AvgIpc) is 2.23. The molecule has 0 fully saturated rings. The number of hydrogen-bond donors (Lipinski definition) is 1. The number of benzene rings is 1. The van der Waals surface area contributed by atoms with Crippen LogP contribution in [-0.2, 0) is 0 Å². The van der Waals surface area contributed by atoms with Gasteiger partial charge in [-0.2, -0.15) is 0 Å². The molecule has 0 aliphatic heterocycles. The molecule has 0 saturated carbocycles. The van der Waals surface area contributed by atoms with E-state index in [2.05, 4.69) is 0 Å². The molecule has 0 spiro atoms. The standard InChI is InChI=1S/C13H14O2/c1-7-5-6-11-10(4)12(14)8(2)9(3)13(11)15-7/h5-6H,1-4H3/p+1. The van der Waals surface area contributed by atoms with Crippen LogP contribution in [0.2, 0.25) is 0 Å². The van der Waals surface area contributed by atoms with Crippen LogP contribution in [0.3, 0.4) is 0 Å². The van der Waals surface area contributed by atoms with E-state index in [0.29, 0.717) is 5.75 Å². The minimum atomic E-state index is 0.374. The van der Waals surface area contributed by atoms with E-state index in [9.17, 15) is 5.11 Å². The molecule has 0 atom stereocenters. The van der Waals surface area contributed by atoms with Crippen molar-refractivity contribution in [3.63, 3.8) is 0 Å². The summed E-state index contributed by atoms with van der Waals surface area (Å²) in [4.78, 5) is 0. The molecule has 1 aromatic heterocycles. The molecular weight excluding hydrogens is 188 g/mol. The van der Waals surface area contributed by atoms with Gasteiger partial charge in [0, 0.05) is 17.2 Å². The zero-order chi connectivity index (χ0) is 11.2. The molecule has 0 aliphatic carbocycles. The van der Waals surface area contributed by atoms with Gasteiger partial charge >= 0.3 is 11.3 Å². The summed E-state index contributed by atoms with van der Waals surface area (Å²) in [5.74, 6) is 1.26. The lowest BCUT2D eigenvalue weighted by Crippen LogP contribution is -1.90. The van der Waals surface area contributed by atoms with Crippen molar-refractivity contribution < 1.29 is 9.52 Å². The minimum Gasteiger partial charge on any atom is -0.507 e. The summed E-state index contributed by atoms with van der Waals surface area (Å²) >= 11 is 0. The lowest BCUT2D eigenvalue weighted by Gasteiger charge is -2.06. The highest BCUT2D eigenvalue weighted by Gasteiger charge is 2.19. The second-order valence-electron chi connectivity index (χ2n) is 4.01. The van der Waals surface area contributed by atoms with Gasteiger partial charge in [-0.05, 0) is 26.8 Å². The van der Waals surface area contributed by atoms with Crippen molar-refractivity contribution in [3.8, 4) is 5.75 Å². The Labute approximate surface area is 89.2 Å². The molecule has 0 aliphatic rings. The van der Waals surface area contributed by atoms with E-state index in [1.54, 1.807) is 0 Å². The average molecular weight is 203 g/mol. The largest absolute Gasteiger partial charge is 0.507 e. The maximum absolute atomic E-state index is 9.91. The molecule has 0 amide bonds. The zero-order valence-corrected chi connectivity index (χ0v) is 9.51. The topological polar surface area (TPSA) is 31.5 Å². The molecule has 2 heteroatoms. The number of aryl methyl sites for hydroxylation is 3. The third kappa shape index (κ3) is 1.37. The van der Waals surface area contributed by atoms with Gasteiger partial charge in [-0.1, -0.05) is 0 Å². The molecule has 1 aromatic carbocycles. The van der Waals surface area contributed by atoms with Crippen LogP contribution in [0.25, 0.3) is 11.0 Å². The highest BCUT2D eigenvalue weighted by Crippen LogP contribution is 2.33. The second kappa shape index (κ2) is 3.23. The third-order valence-electron chi connectivity index (χ3n) is 3.01. The van der Waals surface area contributed by atoms with Crippen molar-refractivity contribution >= 4 is 11.0 Å². The fourth-order valence-corrected chi connectivity index (χ4v) is 1.86. The molecule has 2 rings (SSSR count). The van der Waals surface area contributed by atoms with E-state index in [-0.39, 0.29) is 0 Å².